The van der Waals surface area contributed by atoms with Crippen molar-refractivity contribution >= 4 is 15.9 Å². The summed E-state index contributed by atoms with van der Waals surface area (Å²) in [6.07, 6.45) is 4.50. The first-order chi connectivity index (χ1) is 13.0. The lowest BCUT2D eigenvalue weighted by atomic mass is 10.2. The fraction of sp³-hybridized carbons (Fsp3) is 0.579. The number of carbonyl (C=O) groups is 1. The predicted octanol–water partition coefficient (Wildman–Crippen LogP) is 1.27. The first-order valence-corrected chi connectivity index (χ1v) is 11.0. The Morgan fingerprint density at radius 2 is 1.59 bits per heavy atom. The highest BCUT2D eigenvalue weighted by Gasteiger charge is 2.31. The van der Waals surface area contributed by atoms with E-state index >= 15 is 0 Å². The number of carbonyl (C=O) groups excluding carboxylic acids is 1. The lowest BCUT2D eigenvalue weighted by Gasteiger charge is -2.34. The van der Waals surface area contributed by atoms with Crippen molar-refractivity contribution in [2.45, 2.75) is 30.6 Å². The molecule has 1 aromatic rings. The number of sulfonamides is 1. The monoisotopic (exact) mass is 390 g/mol. The van der Waals surface area contributed by atoms with Gasteiger partial charge in [-0.1, -0.05) is 25.0 Å². The van der Waals surface area contributed by atoms with Gasteiger partial charge in [-0.25, -0.2) is 8.42 Å². The molecule has 0 radical (unpaired) electrons. The third kappa shape index (κ3) is 4.67. The van der Waals surface area contributed by atoms with Crippen LogP contribution in [0.25, 0.3) is 0 Å². The van der Waals surface area contributed by atoms with Gasteiger partial charge in [-0.3, -0.25) is 9.69 Å². The summed E-state index contributed by atoms with van der Waals surface area (Å²) in [5.41, 5.74) is 0.163. The van der Waals surface area contributed by atoms with E-state index in [0.717, 1.165) is 25.9 Å². The molecule has 7 nitrogen and oxygen atoms in total. The molecule has 1 amide bonds. The number of hydrogen-bond donors (Lipinski definition) is 0. The van der Waals surface area contributed by atoms with E-state index in [0.29, 0.717) is 32.7 Å². The summed E-state index contributed by atoms with van der Waals surface area (Å²) >= 11 is 0. The van der Waals surface area contributed by atoms with E-state index in [1.165, 1.54) is 29.3 Å². The topological polar surface area (TPSA) is 84.7 Å². The Hall–Kier alpha value is -1.95. The summed E-state index contributed by atoms with van der Waals surface area (Å²) < 4.78 is 27.1. The summed E-state index contributed by atoms with van der Waals surface area (Å²) in [5.74, 6) is 0.142. The Kier molecular flexibility index (Phi) is 6.47. The van der Waals surface area contributed by atoms with Crippen LogP contribution in [0.5, 0.6) is 0 Å². The Morgan fingerprint density at radius 3 is 2.22 bits per heavy atom. The van der Waals surface area contributed by atoms with Crippen molar-refractivity contribution in [1.29, 1.82) is 5.26 Å². The smallest absolute Gasteiger partial charge is 0.244 e. The van der Waals surface area contributed by atoms with Crippen molar-refractivity contribution in [2.75, 3.05) is 45.8 Å². The highest BCUT2D eigenvalue weighted by Crippen LogP contribution is 2.21. The normalized spacial score (nSPS) is 20.0. The molecule has 2 fully saturated rings. The van der Waals surface area contributed by atoms with E-state index in [2.05, 4.69) is 0 Å². The van der Waals surface area contributed by atoms with Gasteiger partial charge in [0.15, 0.2) is 0 Å². The zero-order chi connectivity index (χ0) is 19.3. The van der Waals surface area contributed by atoms with Crippen molar-refractivity contribution in [2.24, 2.45) is 0 Å². The van der Waals surface area contributed by atoms with E-state index < -0.39 is 10.0 Å². The minimum Gasteiger partial charge on any atom is -0.342 e. The quantitative estimate of drug-likeness (QED) is 0.773. The molecule has 0 aromatic heterocycles. The van der Waals surface area contributed by atoms with Gasteiger partial charge >= 0.3 is 0 Å². The third-order valence-electron chi connectivity index (χ3n) is 5.27. The van der Waals surface area contributed by atoms with Gasteiger partial charge < -0.3 is 4.90 Å². The predicted molar refractivity (Wildman–Crippen MR) is 101 cm³/mol. The highest BCUT2D eigenvalue weighted by molar-refractivity contribution is 7.89. The van der Waals surface area contributed by atoms with E-state index in [-0.39, 0.29) is 16.4 Å². The molecule has 146 valence electrons. The van der Waals surface area contributed by atoms with Crippen molar-refractivity contribution < 1.29 is 13.2 Å². The molecule has 8 heteroatoms. The molecular formula is C19H26N4O3S. The molecule has 2 saturated heterocycles. The van der Waals surface area contributed by atoms with Crippen LogP contribution in [0.1, 0.15) is 31.2 Å². The summed E-state index contributed by atoms with van der Waals surface area (Å²) in [4.78, 5) is 16.5. The number of piperazine rings is 1. The van der Waals surface area contributed by atoms with Crippen LogP contribution in [0.15, 0.2) is 29.2 Å². The van der Waals surface area contributed by atoms with Crippen molar-refractivity contribution in [3.05, 3.63) is 29.8 Å². The van der Waals surface area contributed by atoms with Crippen LogP contribution in [-0.2, 0) is 14.8 Å². The van der Waals surface area contributed by atoms with Gasteiger partial charge in [0.2, 0.25) is 15.9 Å². The molecule has 27 heavy (non-hydrogen) atoms. The molecule has 1 aromatic carbocycles. The number of benzene rings is 1. The molecule has 2 aliphatic rings. The van der Waals surface area contributed by atoms with E-state index in [9.17, 15) is 18.5 Å². The van der Waals surface area contributed by atoms with Crippen LogP contribution >= 0.6 is 0 Å². The molecule has 0 saturated carbocycles. The van der Waals surface area contributed by atoms with Gasteiger partial charge in [-0.2, -0.15) is 9.57 Å². The maximum Gasteiger partial charge on any atom is 0.244 e. The SMILES string of the molecule is N#Cc1ccccc1S(=O)(=O)N1CCN(CC(=O)N2CCCCCC2)CC1. The number of nitriles is 1. The standard InChI is InChI=1S/C19H26N4O3S/c20-15-17-7-3-4-8-18(17)27(25,26)23-13-11-21(12-14-23)16-19(24)22-9-5-1-2-6-10-22/h3-4,7-8H,1-2,5-6,9-14,16H2. The van der Waals surface area contributed by atoms with Crippen LogP contribution in [0.2, 0.25) is 0 Å². The minimum atomic E-state index is -3.69. The Morgan fingerprint density at radius 1 is 0.963 bits per heavy atom. The van der Waals surface area contributed by atoms with Gasteiger partial charge in [0, 0.05) is 39.3 Å². The molecule has 0 N–H and O–H groups in total. The Labute approximate surface area is 161 Å². The van der Waals surface area contributed by atoms with Crippen LogP contribution in [0.4, 0.5) is 0 Å². The molecule has 2 aliphatic heterocycles. The fourth-order valence-corrected chi connectivity index (χ4v) is 5.23. The van der Waals surface area contributed by atoms with Crippen LogP contribution < -0.4 is 0 Å². The molecule has 0 atom stereocenters. The van der Waals surface area contributed by atoms with E-state index in [1.807, 2.05) is 15.9 Å². The van der Waals surface area contributed by atoms with Crippen molar-refractivity contribution in [1.82, 2.24) is 14.1 Å². The first kappa shape index (κ1) is 19.8. The molecule has 0 unspecified atom stereocenters. The van der Waals surface area contributed by atoms with Gasteiger partial charge in [0.05, 0.1) is 17.0 Å². The van der Waals surface area contributed by atoms with Gasteiger partial charge in [-0.15, -0.1) is 0 Å². The van der Waals surface area contributed by atoms with Crippen molar-refractivity contribution in [3.8, 4) is 6.07 Å². The summed E-state index contributed by atoms with van der Waals surface area (Å²) in [6, 6.07) is 8.23. The molecule has 2 heterocycles. The second-order valence-corrected chi connectivity index (χ2v) is 8.99. The van der Waals surface area contributed by atoms with Crippen molar-refractivity contribution in [3.63, 3.8) is 0 Å². The number of rotatable bonds is 4. The molecule has 0 aliphatic carbocycles. The second kappa shape index (κ2) is 8.83. The number of amides is 1. The molecule has 0 bridgehead atoms. The van der Waals surface area contributed by atoms with Gasteiger partial charge in [0.1, 0.15) is 6.07 Å². The Bertz CT molecular complexity index is 802. The zero-order valence-corrected chi connectivity index (χ0v) is 16.3. The third-order valence-corrected chi connectivity index (χ3v) is 7.23. The van der Waals surface area contributed by atoms with Crippen LogP contribution in [-0.4, -0.2) is 74.2 Å². The average Bonchev–Trinajstić information content (AvgIpc) is 2.98. The first-order valence-electron chi connectivity index (χ1n) is 9.52. The molecular weight excluding hydrogens is 364 g/mol. The summed E-state index contributed by atoms with van der Waals surface area (Å²) in [5, 5.41) is 9.18. The fourth-order valence-electron chi connectivity index (χ4n) is 3.66. The lowest BCUT2D eigenvalue weighted by molar-refractivity contribution is -0.132. The number of nitrogens with zero attached hydrogens (tertiary/aromatic N) is 4. The highest BCUT2D eigenvalue weighted by atomic mass is 32.2. The minimum absolute atomic E-state index is 0.0570. The number of likely N-dealkylation sites (tertiary alicyclic amines) is 1. The lowest BCUT2D eigenvalue weighted by Crippen LogP contribution is -2.51. The largest absolute Gasteiger partial charge is 0.342 e. The Balaban J connectivity index is 1.58. The zero-order valence-electron chi connectivity index (χ0n) is 15.5. The van der Waals surface area contributed by atoms with Gasteiger partial charge in [-0.05, 0) is 25.0 Å². The van der Waals surface area contributed by atoms with E-state index in [1.54, 1.807) is 12.1 Å². The number of hydrogen-bond acceptors (Lipinski definition) is 5. The maximum absolute atomic E-state index is 12.9. The van der Waals surface area contributed by atoms with E-state index in [4.69, 9.17) is 0 Å². The molecule has 0 spiro atoms. The van der Waals surface area contributed by atoms with Crippen LogP contribution in [0, 0.1) is 11.3 Å². The second-order valence-electron chi connectivity index (χ2n) is 7.08. The summed E-state index contributed by atoms with van der Waals surface area (Å²) in [6.45, 7) is 3.71. The average molecular weight is 391 g/mol. The molecule has 3 rings (SSSR count). The summed E-state index contributed by atoms with van der Waals surface area (Å²) in [7, 11) is -3.69. The maximum atomic E-state index is 12.9. The van der Waals surface area contributed by atoms with Crippen LogP contribution in [0.3, 0.4) is 0 Å². The van der Waals surface area contributed by atoms with Gasteiger partial charge in [0.25, 0.3) is 0 Å².